The molecule has 2 fully saturated rings. The topological polar surface area (TPSA) is 59.0 Å². The quantitative estimate of drug-likeness (QED) is 0.448. The number of unbranched alkanes of at least 4 members (excludes halogenated alkanes) is 1. The highest BCUT2D eigenvalue weighted by molar-refractivity contribution is 7.09. The predicted molar refractivity (Wildman–Crippen MR) is 106 cm³/mol. The van der Waals surface area contributed by atoms with Crippen molar-refractivity contribution < 1.29 is 9.47 Å². The average molecular weight is 381 g/mol. The van der Waals surface area contributed by atoms with Gasteiger partial charge >= 0.3 is 0 Å². The second kappa shape index (κ2) is 10.2. The van der Waals surface area contributed by atoms with E-state index in [1.165, 1.54) is 5.01 Å². The normalized spacial score (nSPS) is 24.2. The van der Waals surface area contributed by atoms with E-state index in [9.17, 15) is 0 Å². The van der Waals surface area contributed by atoms with E-state index >= 15 is 0 Å². The number of rotatable bonds is 7. The minimum atomic E-state index is 0.170. The van der Waals surface area contributed by atoms with Crippen LogP contribution in [0.2, 0.25) is 0 Å². The van der Waals surface area contributed by atoms with Gasteiger partial charge in [-0.15, -0.1) is 11.3 Å². The molecule has 3 heterocycles. The standard InChI is InChI=1S/C19H32N4O2S/c1-3-20-19(21-9-5-4-8-18-22-15(2)14-26-18)23-10-12-25-17(13-23)16-7-6-11-24-16/h14,16-17H,3-13H2,1-2H3,(H,20,21). The van der Waals surface area contributed by atoms with Gasteiger partial charge in [-0.1, -0.05) is 0 Å². The number of nitrogens with zero attached hydrogens (tertiary/aromatic N) is 3. The van der Waals surface area contributed by atoms with Gasteiger partial charge in [-0.05, 0) is 46.0 Å². The van der Waals surface area contributed by atoms with Crippen LogP contribution in [0.3, 0.4) is 0 Å². The van der Waals surface area contributed by atoms with Crippen molar-refractivity contribution in [3.8, 4) is 0 Å². The van der Waals surface area contributed by atoms with E-state index in [0.717, 1.165) is 83.2 Å². The van der Waals surface area contributed by atoms with E-state index in [2.05, 4.69) is 34.4 Å². The second-order valence-corrected chi connectivity index (χ2v) is 7.92. The van der Waals surface area contributed by atoms with Gasteiger partial charge in [0.15, 0.2) is 5.96 Å². The van der Waals surface area contributed by atoms with Crippen LogP contribution < -0.4 is 5.32 Å². The molecule has 0 bridgehead atoms. The molecule has 3 rings (SSSR count). The fourth-order valence-electron chi connectivity index (χ4n) is 3.50. The Morgan fingerprint density at radius 1 is 1.35 bits per heavy atom. The van der Waals surface area contributed by atoms with E-state index in [4.69, 9.17) is 14.5 Å². The van der Waals surface area contributed by atoms with Crippen molar-refractivity contribution >= 4 is 17.3 Å². The third-order valence-corrected chi connectivity index (χ3v) is 5.86. The lowest BCUT2D eigenvalue weighted by molar-refractivity contribution is -0.0817. The average Bonchev–Trinajstić information content (AvgIpc) is 3.32. The monoisotopic (exact) mass is 380 g/mol. The minimum absolute atomic E-state index is 0.170. The summed E-state index contributed by atoms with van der Waals surface area (Å²) in [5.41, 5.74) is 1.13. The van der Waals surface area contributed by atoms with E-state index in [1.807, 2.05) is 0 Å². The largest absolute Gasteiger partial charge is 0.375 e. The first-order valence-corrected chi connectivity index (χ1v) is 10.8. The summed E-state index contributed by atoms with van der Waals surface area (Å²) in [6.07, 6.45) is 5.97. The maximum Gasteiger partial charge on any atom is 0.194 e. The summed E-state index contributed by atoms with van der Waals surface area (Å²) in [6.45, 7) is 9.31. The molecule has 6 nitrogen and oxygen atoms in total. The van der Waals surface area contributed by atoms with Gasteiger partial charge in [-0.3, -0.25) is 4.99 Å². The number of nitrogens with one attached hydrogen (secondary N) is 1. The molecule has 1 N–H and O–H groups in total. The van der Waals surface area contributed by atoms with Gasteiger partial charge in [-0.25, -0.2) is 4.98 Å². The lowest BCUT2D eigenvalue weighted by Crippen LogP contribution is -2.53. The Morgan fingerprint density at radius 3 is 2.96 bits per heavy atom. The molecule has 0 spiro atoms. The number of aryl methyl sites for hydroxylation is 2. The van der Waals surface area contributed by atoms with Crippen LogP contribution in [0.5, 0.6) is 0 Å². The van der Waals surface area contributed by atoms with Gasteiger partial charge in [0.2, 0.25) is 0 Å². The summed E-state index contributed by atoms with van der Waals surface area (Å²) in [7, 11) is 0. The van der Waals surface area contributed by atoms with Crippen LogP contribution >= 0.6 is 11.3 Å². The first kappa shape index (κ1) is 19.6. The smallest absolute Gasteiger partial charge is 0.194 e. The Kier molecular flexibility index (Phi) is 7.70. The van der Waals surface area contributed by atoms with Gasteiger partial charge < -0.3 is 19.7 Å². The second-order valence-electron chi connectivity index (χ2n) is 6.98. The molecule has 2 atom stereocenters. The van der Waals surface area contributed by atoms with Gasteiger partial charge in [0, 0.05) is 43.9 Å². The van der Waals surface area contributed by atoms with Crippen LogP contribution in [0.1, 0.15) is 43.3 Å². The van der Waals surface area contributed by atoms with Crippen molar-refractivity contribution in [2.75, 3.05) is 39.4 Å². The van der Waals surface area contributed by atoms with Crippen LogP contribution in [0.15, 0.2) is 10.4 Å². The van der Waals surface area contributed by atoms with Crippen molar-refractivity contribution in [1.29, 1.82) is 0 Å². The molecule has 2 saturated heterocycles. The van der Waals surface area contributed by atoms with E-state index < -0.39 is 0 Å². The molecule has 26 heavy (non-hydrogen) atoms. The molecule has 1 aromatic rings. The molecule has 2 aliphatic rings. The van der Waals surface area contributed by atoms with Crippen LogP contribution in [-0.2, 0) is 15.9 Å². The summed E-state index contributed by atoms with van der Waals surface area (Å²) in [4.78, 5) is 11.7. The molecule has 0 radical (unpaired) electrons. The number of guanidine groups is 1. The Morgan fingerprint density at radius 2 is 2.23 bits per heavy atom. The number of thiazole rings is 1. The van der Waals surface area contributed by atoms with Crippen molar-refractivity contribution in [1.82, 2.24) is 15.2 Å². The van der Waals surface area contributed by atoms with Crippen molar-refractivity contribution in [3.63, 3.8) is 0 Å². The summed E-state index contributed by atoms with van der Waals surface area (Å²) in [5.74, 6) is 1.02. The molecule has 0 aliphatic carbocycles. The molecule has 0 saturated carbocycles. The molecular formula is C19H32N4O2S. The maximum absolute atomic E-state index is 5.96. The molecular weight excluding hydrogens is 348 g/mol. The zero-order valence-corrected chi connectivity index (χ0v) is 16.9. The Balaban J connectivity index is 1.46. The highest BCUT2D eigenvalue weighted by Crippen LogP contribution is 2.21. The van der Waals surface area contributed by atoms with Crippen molar-refractivity contribution in [3.05, 3.63) is 16.1 Å². The van der Waals surface area contributed by atoms with Gasteiger partial charge in [-0.2, -0.15) is 0 Å². The van der Waals surface area contributed by atoms with Gasteiger partial charge in [0.1, 0.15) is 6.10 Å². The van der Waals surface area contributed by atoms with Crippen LogP contribution in [0.25, 0.3) is 0 Å². The predicted octanol–water partition coefficient (Wildman–Crippen LogP) is 2.62. The number of aliphatic imine (C=N–C) groups is 1. The van der Waals surface area contributed by atoms with Crippen LogP contribution in [0.4, 0.5) is 0 Å². The van der Waals surface area contributed by atoms with Gasteiger partial charge in [0.25, 0.3) is 0 Å². The van der Waals surface area contributed by atoms with Crippen molar-refractivity contribution in [2.24, 2.45) is 4.99 Å². The zero-order valence-electron chi connectivity index (χ0n) is 16.1. The number of ether oxygens (including phenoxy) is 2. The highest BCUT2D eigenvalue weighted by Gasteiger charge is 2.32. The summed E-state index contributed by atoms with van der Waals surface area (Å²) in [6, 6.07) is 0. The lowest BCUT2D eigenvalue weighted by atomic mass is 10.1. The van der Waals surface area contributed by atoms with E-state index in [-0.39, 0.29) is 12.2 Å². The summed E-state index contributed by atoms with van der Waals surface area (Å²) >= 11 is 1.76. The van der Waals surface area contributed by atoms with Gasteiger partial charge in [0.05, 0.1) is 17.7 Å². The van der Waals surface area contributed by atoms with Crippen LogP contribution in [0, 0.1) is 6.92 Å². The molecule has 0 aromatic carbocycles. The number of aromatic nitrogens is 1. The summed E-state index contributed by atoms with van der Waals surface area (Å²) in [5, 5.41) is 6.81. The molecule has 2 unspecified atom stereocenters. The lowest BCUT2D eigenvalue weighted by Gasteiger charge is -2.37. The molecule has 7 heteroatoms. The van der Waals surface area contributed by atoms with E-state index in [1.54, 1.807) is 11.3 Å². The highest BCUT2D eigenvalue weighted by atomic mass is 32.1. The zero-order chi connectivity index (χ0) is 18.2. The fourth-order valence-corrected chi connectivity index (χ4v) is 4.32. The third kappa shape index (κ3) is 5.66. The summed E-state index contributed by atoms with van der Waals surface area (Å²) < 4.78 is 11.8. The first-order valence-electron chi connectivity index (χ1n) is 9.93. The number of hydrogen-bond acceptors (Lipinski definition) is 5. The Hall–Kier alpha value is -1.18. The third-order valence-electron chi connectivity index (χ3n) is 4.83. The van der Waals surface area contributed by atoms with Crippen LogP contribution in [-0.4, -0.2) is 67.4 Å². The first-order chi connectivity index (χ1) is 12.8. The Labute approximate surface area is 161 Å². The number of morpholine rings is 1. The molecule has 0 amide bonds. The Bertz CT molecular complexity index is 572. The molecule has 2 aliphatic heterocycles. The number of hydrogen-bond donors (Lipinski definition) is 1. The molecule has 1 aromatic heterocycles. The van der Waals surface area contributed by atoms with E-state index in [0.29, 0.717) is 0 Å². The SMILES string of the molecule is CCNC(=NCCCCc1nc(C)cs1)N1CCOC(C2CCCO2)C1. The minimum Gasteiger partial charge on any atom is -0.375 e. The van der Waals surface area contributed by atoms with Crippen molar-refractivity contribution in [2.45, 2.75) is 58.2 Å². The molecule has 146 valence electrons. The maximum atomic E-state index is 5.96. The fraction of sp³-hybridized carbons (Fsp3) is 0.789.